The van der Waals surface area contributed by atoms with Gasteiger partial charge in [0.25, 0.3) is 0 Å². The van der Waals surface area contributed by atoms with Crippen molar-refractivity contribution < 1.29 is 14.3 Å². The standard InChI is InChI=1S/C15H18O3/c1-7-4-5-10-9(3)15(17)18-14(10)13-8(2)6-11(16)12(7)13/h6,9-10,13-14H,4-5H2,1-3H3/t9?,10?,13?,14-/m0/s1. The zero-order valence-electron chi connectivity index (χ0n) is 11.0. The predicted octanol–water partition coefficient (Wildman–Crippen LogP) is 2.42. The highest BCUT2D eigenvalue weighted by molar-refractivity contribution is 6.09. The Morgan fingerprint density at radius 3 is 2.72 bits per heavy atom. The van der Waals surface area contributed by atoms with E-state index in [9.17, 15) is 9.59 Å². The van der Waals surface area contributed by atoms with Gasteiger partial charge >= 0.3 is 5.97 Å². The van der Waals surface area contributed by atoms with E-state index in [2.05, 4.69) is 0 Å². The summed E-state index contributed by atoms with van der Waals surface area (Å²) in [5.41, 5.74) is 3.12. The number of rotatable bonds is 0. The number of ether oxygens (including phenoxy) is 1. The highest BCUT2D eigenvalue weighted by Crippen LogP contribution is 2.47. The molecule has 0 radical (unpaired) electrons. The molecule has 0 spiro atoms. The van der Waals surface area contributed by atoms with E-state index >= 15 is 0 Å². The second-order valence-corrected chi connectivity index (χ2v) is 5.82. The van der Waals surface area contributed by atoms with Gasteiger partial charge in [0.1, 0.15) is 6.10 Å². The van der Waals surface area contributed by atoms with E-state index in [1.165, 1.54) is 5.57 Å². The molecule has 0 N–H and O–H groups in total. The summed E-state index contributed by atoms with van der Waals surface area (Å²) >= 11 is 0. The van der Waals surface area contributed by atoms with Crippen molar-refractivity contribution in [1.82, 2.24) is 0 Å². The number of hydrogen-bond donors (Lipinski definition) is 0. The average molecular weight is 246 g/mol. The Kier molecular flexibility index (Phi) is 2.47. The van der Waals surface area contributed by atoms with Crippen molar-refractivity contribution in [2.24, 2.45) is 17.8 Å². The summed E-state index contributed by atoms with van der Waals surface area (Å²) in [4.78, 5) is 23.8. The van der Waals surface area contributed by atoms with Crippen LogP contribution < -0.4 is 0 Å². The lowest BCUT2D eigenvalue weighted by Gasteiger charge is -2.24. The largest absolute Gasteiger partial charge is 0.461 e. The van der Waals surface area contributed by atoms with Gasteiger partial charge in [-0.2, -0.15) is 0 Å². The maximum Gasteiger partial charge on any atom is 0.309 e. The first-order chi connectivity index (χ1) is 8.50. The topological polar surface area (TPSA) is 43.4 Å². The fourth-order valence-electron chi connectivity index (χ4n) is 3.69. The van der Waals surface area contributed by atoms with E-state index in [0.717, 1.165) is 24.0 Å². The molecular formula is C15H18O3. The van der Waals surface area contributed by atoms with Crippen molar-refractivity contribution in [2.45, 2.75) is 39.7 Å². The van der Waals surface area contributed by atoms with Crippen LogP contribution in [-0.4, -0.2) is 17.9 Å². The van der Waals surface area contributed by atoms with Gasteiger partial charge in [-0.15, -0.1) is 0 Å². The Morgan fingerprint density at radius 1 is 1.28 bits per heavy atom. The summed E-state index contributed by atoms with van der Waals surface area (Å²) in [6.07, 6.45) is 3.44. The zero-order chi connectivity index (χ0) is 13.0. The van der Waals surface area contributed by atoms with Crippen molar-refractivity contribution in [3.05, 3.63) is 22.8 Å². The number of carbonyl (C=O) groups is 2. The lowest BCUT2D eigenvalue weighted by atomic mass is 9.81. The molecule has 0 aromatic heterocycles. The zero-order valence-corrected chi connectivity index (χ0v) is 11.0. The van der Waals surface area contributed by atoms with Gasteiger partial charge in [0.15, 0.2) is 5.78 Å². The first-order valence-electron chi connectivity index (χ1n) is 6.63. The third-order valence-electron chi connectivity index (χ3n) is 4.76. The van der Waals surface area contributed by atoms with Gasteiger partial charge in [-0.1, -0.05) is 18.1 Å². The number of esters is 1. The molecule has 18 heavy (non-hydrogen) atoms. The molecule has 96 valence electrons. The molecule has 0 saturated carbocycles. The molecule has 4 atom stereocenters. The van der Waals surface area contributed by atoms with Gasteiger partial charge in [0.05, 0.1) is 5.92 Å². The molecule has 1 saturated heterocycles. The van der Waals surface area contributed by atoms with Crippen LogP contribution in [0.3, 0.4) is 0 Å². The maximum atomic E-state index is 12.1. The molecule has 1 fully saturated rings. The number of hydrogen-bond acceptors (Lipinski definition) is 3. The minimum atomic E-state index is -0.123. The van der Waals surface area contributed by atoms with Crippen LogP contribution in [0.25, 0.3) is 0 Å². The van der Waals surface area contributed by atoms with Crippen LogP contribution in [0.15, 0.2) is 22.8 Å². The molecule has 3 rings (SSSR count). The van der Waals surface area contributed by atoms with Gasteiger partial charge in [-0.3, -0.25) is 9.59 Å². The summed E-state index contributed by atoms with van der Waals surface area (Å²) in [7, 11) is 0. The highest BCUT2D eigenvalue weighted by atomic mass is 16.6. The Balaban J connectivity index is 2.07. The third kappa shape index (κ3) is 1.43. The molecule has 1 aliphatic heterocycles. The van der Waals surface area contributed by atoms with Crippen LogP contribution in [0, 0.1) is 17.8 Å². The molecule has 1 heterocycles. The van der Waals surface area contributed by atoms with Crippen molar-refractivity contribution in [3.8, 4) is 0 Å². The number of ketones is 1. The van der Waals surface area contributed by atoms with Gasteiger partial charge in [0.2, 0.25) is 0 Å². The second-order valence-electron chi connectivity index (χ2n) is 5.82. The summed E-state index contributed by atoms with van der Waals surface area (Å²) in [5.74, 6) is 0.246. The molecule has 3 aliphatic rings. The van der Waals surface area contributed by atoms with Crippen molar-refractivity contribution in [2.75, 3.05) is 0 Å². The molecule has 3 unspecified atom stereocenters. The Hall–Kier alpha value is -1.38. The van der Waals surface area contributed by atoms with E-state index < -0.39 is 0 Å². The monoisotopic (exact) mass is 246 g/mol. The van der Waals surface area contributed by atoms with Crippen LogP contribution in [0.1, 0.15) is 33.6 Å². The summed E-state index contributed by atoms with van der Waals surface area (Å²) in [5, 5.41) is 0. The van der Waals surface area contributed by atoms with Crippen molar-refractivity contribution in [3.63, 3.8) is 0 Å². The maximum absolute atomic E-state index is 12.1. The van der Waals surface area contributed by atoms with Crippen LogP contribution in [-0.2, 0) is 14.3 Å². The van der Waals surface area contributed by atoms with Crippen LogP contribution in [0.4, 0.5) is 0 Å². The molecule has 0 aromatic rings. The van der Waals surface area contributed by atoms with E-state index in [1.54, 1.807) is 6.08 Å². The lowest BCUT2D eigenvalue weighted by Crippen LogP contribution is -2.28. The van der Waals surface area contributed by atoms with Gasteiger partial charge in [0, 0.05) is 17.4 Å². The quantitative estimate of drug-likeness (QED) is 0.616. The van der Waals surface area contributed by atoms with Crippen molar-refractivity contribution >= 4 is 11.8 Å². The summed E-state index contributed by atoms with van der Waals surface area (Å²) < 4.78 is 5.57. The first kappa shape index (κ1) is 11.7. The molecule has 0 bridgehead atoms. The lowest BCUT2D eigenvalue weighted by molar-refractivity contribution is -0.144. The SMILES string of the molecule is CC1=CC(=O)C2=C(C)CCC3C(C)C(=O)O[C@@H]3C12. The highest BCUT2D eigenvalue weighted by Gasteiger charge is 2.50. The summed E-state index contributed by atoms with van der Waals surface area (Å²) in [6, 6.07) is 0. The first-order valence-corrected chi connectivity index (χ1v) is 6.63. The fraction of sp³-hybridized carbons (Fsp3) is 0.600. The minimum absolute atomic E-state index is 0.0129. The molecule has 0 aromatic carbocycles. The van der Waals surface area contributed by atoms with Crippen LogP contribution in [0.2, 0.25) is 0 Å². The van der Waals surface area contributed by atoms with Gasteiger partial charge < -0.3 is 4.74 Å². The minimum Gasteiger partial charge on any atom is -0.461 e. The van der Waals surface area contributed by atoms with E-state index in [4.69, 9.17) is 4.74 Å². The number of fused-ring (bicyclic) bond motifs is 3. The van der Waals surface area contributed by atoms with Crippen LogP contribution in [0.5, 0.6) is 0 Å². The van der Waals surface area contributed by atoms with Crippen LogP contribution >= 0.6 is 0 Å². The fourth-order valence-corrected chi connectivity index (χ4v) is 3.69. The Morgan fingerprint density at radius 2 is 2.00 bits per heavy atom. The number of allylic oxidation sites excluding steroid dienone is 2. The Bertz CT molecular complexity index is 498. The predicted molar refractivity (Wildman–Crippen MR) is 66.7 cm³/mol. The van der Waals surface area contributed by atoms with E-state index in [1.807, 2.05) is 20.8 Å². The van der Waals surface area contributed by atoms with E-state index in [0.29, 0.717) is 0 Å². The molecule has 2 aliphatic carbocycles. The second kappa shape index (κ2) is 3.81. The normalized spacial score (nSPS) is 39.2. The summed E-state index contributed by atoms with van der Waals surface area (Å²) in [6.45, 7) is 5.96. The van der Waals surface area contributed by atoms with Gasteiger partial charge in [-0.25, -0.2) is 0 Å². The Labute approximate surface area is 107 Å². The van der Waals surface area contributed by atoms with Crippen molar-refractivity contribution in [1.29, 1.82) is 0 Å². The third-order valence-corrected chi connectivity index (χ3v) is 4.76. The van der Waals surface area contributed by atoms with E-state index in [-0.39, 0.29) is 35.6 Å². The van der Waals surface area contributed by atoms with Gasteiger partial charge in [-0.05, 0) is 32.8 Å². The molecule has 3 nitrogen and oxygen atoms in total. The molecule has 0 amide bonds. The molecule has 3 heteroatoms. The smallest absolute Gasteiger partial charge is 0.309 e. The average Bonchev–Trinajstić information content (AvgIpc) is 2.68. The molecular weight excluding hydrogens is 228 g/mol. The number of carbonyl (C=O) groups excluding carboxylic acids is 2.